The van der Waals surface area contributed by atoms with Crippen molar-refractivity contribution in [2.24, 2.45) is 11.5 Å². The minimum absolute atomic E-state index is 0.0842. The van der Waals surface area contributed by atoms with E-state index >= 15 is 0 Å². The van der Waals surface area contributed by atoms with Gasteiger partial charge in [-0.05, 0) is 60.0 Å². The number of primary amides is 1. The molecular formula is C25H22F3N3O3. The van der Waals surface area contributed by atoms with E-state index in [1.54, 1.807) is 18.2 Å². The van der Waals surface area contributed by atoms with Gasteiger partial charge in [-0.1, -0.05) is 42.5 Å². The Hall–Kier alpha value is -3.85. The third kappa shape index (κ3) is 4.22. The summed E-state index contributed by atoms with van der Waals surface area (Å²) in [6.07, 6.45) is -5.09. The van der Waals surface area contributed by atoms with Crippen molar-refractivity contribution >= 4 is 33.6 Å². The number of esters is 1. The molecule has 3 aromatic carbocycles. The molecule has 1 aromatic heterocycles. The number of nitrogens with zero attached hydrogens (tertiary/aromatic N) is 1. The van der Waals surface area contributed by atoms with Crippen molar-refractivity contribution in [2.45, 2.75) is 25.6 Å². The monoisotopic (exact) mass is 469 g/mol. The fourth-order valence-corrected chi connectivity index (χ4v) is 4.06. The summed E-state index contributed by atoms with van der Waals surface area (Å²) in [4.78, 5) is 23.7. The standard InChI is InChI=1S/C25H22F3N3O3/c1-14(22(30)32)31-21-9-8-18(17-7-6-15-4-2-3-5-16(15)12-17)13-20(21)19(10-11-29)23(31)34-24(33)25(26,27)28/h2-9,12-14H,10-11,29H2,1H3,(H2,30,32). The number of halogens is 3. The van der Waals surface area contributed by atoms with Crippen molar-refractivity contribution in [3.63, 3.8) is 0 Å². The van der Waals surface area contributed by atoms with Crippen LogP contribution in [0.3, 0.4) is 0 Å². The van der Waals surface area contributed by atoms with Crippen LogP contribution in [-0.4, -0.2) is 29.2 Å². The van der Waals surface area contributed by atoms with Gasteiger partial charge in [-0.2, -0.15) is 13.2 Å². The molecule has 0 radical (unpaired) electrons. The van der Waals surface area contributed by atoms with Crippen LogP contribution in [0.2, 0.25) is 0 Å². The molecule has 0 aliphatic carbocycles. The average Bonchev–Trinajstić information content (AvgIpc) is 3.10. The molecule has 4 aromatic rings. The minimum atomic E-state index is -5.21. The van der Waals surface area contributed by atoms with E-state index in [1.165, 1.54) is 11.5 Å². The van der Waals surface area contributed by atoms with Crippen LogP contribution < -0.4 is 16.2 Å². The lowest BCUT2D eigenvalue weighted by molar-refractivity contribution is -0.190. The number of alkyl halides is 3. The number of benzene rings is 3. The highest BCUT2D eigenvalue weighted by atomic mass is 19.4. The third-order valence-corrected chi connectivity index (χ3v) is 5.76. The first kappa shape index (κ1) is 23.3. The second kappa shape index (κ2) is 8.83. The molecule has 1 heterocycles. The Balaban J connectivity index is 1.95. The number of hydrogen-bond donors (Lipinski definition) is 2. The Morgan fingerprint density at radius 2 is 1.65 bits per heavy atom. The van der Waals surface area contributed by atoms with Crippen LogP contribution in [0.4, 0.5) is 13.2 Å². The second-order valence-electron chi connectivity index (χ2n) is 7.95. The lowest BCUT2D eigenvalue weighted by atomic mass is 9.99. The summed E-state index contributed by atoms with van der Waals surface area (Å²) < 4.78 is 45.0. The third-order valence-electron chi connectivity index (χ3n) is 5.76. The number of amides is 1. The van der Waals surface area contributed by atoms with Gasteiger partial charge >= 0.3 is 12.1 Å². The minimum Gasteiger partial charge on any atom is -0.402 e. The van der Waals surface area contributed by atoms with E-state index < -0.39 is 24.1 Å². The second-order valence-corrected chi connectivity index (χ2v) is 7.95. The van der Waals surface area contributed by atoms with Crippen LogP contribution in [0.1, 0.15) is 18.5 Å². The van der Waals surface area contributed by atoms with Crippen molar-refractivity contribution < 1.29 is 27.5 Å². The van der Waals surface area contributed by atoms with Gasteiger partial charge in [-0.15, -0.1) is 0 Å². The highest BCUT2D eigenvalue weighted by molar-refractivity contribution is 5.95. The Labute approximate surface area is 192 Å². The molecule has 6 nitrogen and oxygen atoms in total. The molecule has 0 aliphatic rings. The van der Waals surface area contributed by atoms with Crippen molar-refractivity contribution in [2.75, 3.05) is 6.54 Å². The molecule has 0 fully saturated rings. The van der Waals surface area contributed by atoms with Gasteiger partial charge in [0.1, 0.15) is 6.04 Å². The van der Waals surface area contributed by atoms with E-state index in [2.05, 4.69) is 0 Å². The Bertz CT molecular complexity index is 1410. The van der Waals surface area contributed by atoms with Crippen molar-refractivity contribution in [1.82, 2.24) is 4.57 Å². The van der Waals surface area contributed by atoms with Crippen molar-refractivity contribution in [1.29, 1.82) is 0 Å². The van der Waals surface area contributed by atoms with Gasteiger partial charge in [0.2, 0.25) is 11.8 Å². The van der Waals surface area contributed by atoms with E-state index in [4.69, 9.17) is 16.2 Å². The Morgan fingerprint density at radius 1 is 1.00 bits per heavy atom. The zero-order valence-electron chi connectivity index (χ0n) is 18.2. The van der Waals surface area contributed by atoms with Crippen LogP contribution in [0.5, 0.6) is 5.88 Å². The van der Waals surface area contributed by atoms with Crippen LogP contribution in [0, 0.1) is 0 Å². The number of carbonyl (C=O) groups is 2. The lowest BCUT2D eigenvalue weighted by Crippen LogP contribution is -2.31. The number of nitrogens with two attached hydrogens (primary N) is 2. The van der Waals surface area contributed by atoms with E-state index in [0.29, 0.717) is 16.5 Å². The van der Waals surface area contributed by atoms with Crippen LogP contribution in [-0.2, 0) is 16.0 Å². The van der Waals surface area contributed by atoms with Gasteiger partial charge in [0.05, 0.1) is 5.52 Å². The average molecular weight is 469 g/mol. The first-order valence-corrected chi connectivity index (χ1v) is 10.6. The molecule has 1 atom stereocenters. The fraction of sp³-hybridized carbons (Fsp3) is 0.200. The molecule has 0 spiro atoms. The largest absolute Gasteiger partial charge is 0.491 e. The number of ether oxygens (including phenoxy) is 1. The van der Waals surface area contributed by atoms with E-state index in [0.717, 1.165) is 21.9 Å². The van der Waals surface area contributed by atoms with Gasteiger partial charge in [0, 0.05) is 10.9 Å². The number of carbonyl (C=O) groups excluding carboxylic acids is 2. The topological polar surface area (TPSA) is 100 Å². The molecule has 0 aliphatic heterocycles. The Kier molecular flexibility index (Phi) is 6.05. The summed E-state index contributed by atoms with van der Waals surface area (Å²) in [6.45, 7) is 1.51. The van der Waals surface area contributed by atoms with E-state index in [-0.39, 0.29) is 18.8 Å². The zero-order valence-corrected chi connectivity index (χ0v) is 18.2. The summed E-state index contributed by atoms with van der Waals surface area (Å²) in [5.41, 5.74) is 13.6. The number of fused-ring (bicyclic) bond motifs is 2. The Morgan fingerprint density at radius 3 is 2.29 bits per heavy atom. The van der Waals surface area contributed by atoms with Gasteiger partial charge < -0.3 is 16.2 Å². The molecule has 34 heavy (non-hydrogen) atoms. The van der Waals surface area contributed by atoms with Crippen LogP contribution in [0.15, 0.2) is 60.7 Å². The molecule has 4 N–H and O–H groups in total. The smallest absolute Gasteiger partial charge is 0.402 e. The molecule has 1 amide bonds. The summed E-state index contributed by atoms with van der Waals surface area (Å²) in [5.74, 6) is -3.56. The SMILES string of the molecule is CC(C(N)=O)n1c(OC(=O)C(F)(F)F)c(CCN)c2cc(-c3ccc4ccccc4c3)ccc21. The molecule has 0 bridgehead atoms. The molecule has 9 heteroatoms. The van der Waals surface area contributed by atoms with Crippen LogP contribution >= 0.6 is 0 Å². The van der Waals surface area contributed by atoms with Crippen LogP contribution in [0.25, 0.3) is 32.8 Å². The molecule has 1 unspecified atom stereocenters. The number of hydrogen-bond acceptors (Lipinski definition) is 4. The maximum absolute atomic E-state index is 13.0. The van der Waals surface area contributed by atoms with Gasteiger partial charge in [-0.3, -0.25) is 9.36 Å². The normalized spacial score (nSPS) is 12.7. The van der Waals surface area contributed by atoms with E-state index in [9.17, 15) is 22.8 Å². The van der Waals surface area contributed by atoms with E-state index in [1.807, 2.05) is 42.5 Å². The van der Waals surface area contributed by atoms with Crippen molar-refractivity contribution in [3.05, 3.63) is 66.2 Å². The lowest BCUT2D eigenvalue weighted by Gasteiger charge is -2.17. The summed E-state index contributed by atoms with van der Waals surface area (Å²) in [7, 11) is 0. The summed E-state index contributed by atoms with van der Waals surface area (Å²) in [5, 5.41) is 2.62. The first-order chi connectivity index (χ1) is 16.1. The molecule has 0 saturated carbocycles. The van der Waals surface area contributed by atoms with Gasteiger partial charge in [0.25, 0.3) is 0 Å². The van der Waals surface area contributed by atoms with Crippen molar-refractivity contribution in [3.8, 4) is 17.0 Å². The maximum Gasteiger partial charge on any atom is 0.491 e. The first-order valence-electron chi connectivity index (χ1n) is 10.6. The number of rotatable bonds is 6. The fourth-order valence-electron chi connectivity index (χ4n) is 4.06. The molecular weight excluding hydrogens is 447 g/mol. The molecule has 176 valence electrons. The highest BCUT2D eigenvalue weighted by Gasteiger charge is 2.43. The number of aromatic nitrogens is 1. The van der Waals surface area contributed by atoms with Gasteiger partial charge in [-0.25, -0.2) is 4.79 Å². The molecule has 0 saturated heterocycles. The molecule has 4 rings (SSSR count). The highest BCUT2D eigenvalue weighted by Crippen LogP contribution is 2.39. The predicted octanol–water partition coefficient (Wildman–Crippen LogP) is 4.48. The van der Waals surface area contributed by atoms with Gasteiger partial charge in [0.15, 0.2) is 0 Å². The maximum atomic E-state index is 13.0. The summed E-state index contributed by atoms with van der Waals surface area (Å²) >= 11 is 0. The predicted molar refractivity (Wildman–Crippen MR) is 123 cm³/mol. The quantitative estimate of drug-likeness (QED) is 0.407. The summed E-state index contributed by atoms with van der Waals surface area (Å²) in [6, 6.07) is 18.0. The zero-order chi connectivity index (χ0) is 24.6.